The molecule has 1 aliphatic rings. The van der Waals surface area contributed by atoms with Crippen LogP contribution in [0.25, 0.3) is 0 Å². The predicted octanol–water partition coefficient (Wildman–Crippen LogP) is 5.31. The topological polar surface area (TPSA) is 72.9 Å². The molecule has 1 saturated heterocycles. The lowest BCUT2D eigenvalue weighted by Gasteiger charge is -2.34. The van der Waals surface area contributed by atoms with Crippen molar-refractivity contribution >= 4 is 11.9 Å². The number of unbranched alkanes of at least 4 members (excludes halogenated alkanes) is 12. The third-order valence-electron chi connectivity index (χ3n) is 6.40. The fourth-order valence-corrected chi connectivity index (χ4v) is 4.40. The molecule has 1 amide bonds. The second-order valence-corrected chi connectivity index (χ2v) is 9.18. The molecule has 0 spiro atoms. The van der Waals surface area contributed by atoms with Gasteiger partial charge in [-0.05, 0) is 25.9 Å². The summed E-state index contributed by atoms with van der Waals surface area (Å²) in [6.45, 7) is 8.20. The normalized spacial score (nSPS) is 16.7. The third kappa shape index (κ3) is 13.1. The molecular weight excluding hydrogens is 390 g/mol. The van der Waals surface area contributed by atoms with Crippen LogP contribution in [0.2, 0.25) is 0 Å². The van der Waals surface area contributed by atoms with E-state index in [-0.39, 0.29) is 5.78 Å². The number of carbonyl (C=O) groups excluding carboxylic acids is 1. The van der Waals surface area contributed by atoms with E-state index in [4.69, 9.17) is 0 Å². The first-order chi connectivity index (χ1) is 15.1. The molecule has 0 aliphatic carbocycles. The van der Waals surface area contributed by atoms with Crippen LogP contribution < -0.4 is 5.32 Å². The largest absolute Gasteiger partial charge is 0.465 e. The number of rotatable bonds is 19. The fraction of sp³-hybridized carbons (Fsp3) is 0.920. The molecule has 6 heteroatoms. The number of ketones is 1. The van der Waals surface area contributed by atoms with Gasteiger partial charge in [0.25, 0.3) is 0 Å². The first-order valence-electron chi connectivity index (χ1n) is 13.1. The molecule has 1 aliphatic heterocycles. The summed E-state index contributed by atoms with van der Waals surface area (Å²) in [6, 6.07) is -0.545. The number of Topliss-reactive ketones (excluding diaryl/α,β-unsaturated/α-hetero) is 1. The molecule has 0 aromatic heterocycles. The van der Waals surface area contributed by atoms with Gasteiger partial charge in [-0.25, -0.2) is 4.79 Å². The van der Waals surface area contributed by atoms with E-state index in [1.54, 1.807) is 0 Å². The van der Waals surface area contributed by atoms with Gasteiger partial charge >= 0.3 is 6.09 Å². The first-order valence-corrected chi connectivity index (χ1v) is 13.1. The van der Waals surface area contributed by atoms with Crippen LogP contribution in [0.4, 0.5) is 4.79 Å². The Labute approximate surface area is 191 Å². The standard InChI is InChI=1S/C25H49N3O3/c1-3-5-7-9-11-13-15-18-27(19-16-14-12-10-8-6-4-2)22-24(29)23-21-26-17-20-28(23)25(30)31/h23,26H,3-22H2,1-2H3,(H,30,31). The maximum Gasteiger partial charge on any atom is 0.408 e. The van der Waals surface area contributed by atoms with Gasteiger partial charge in [0.15, 0.2) is 5.78 Å². The van der Waals surface area contributed by atoms with Crippen molar-refractivity contribution in [3.05, 3.63) is 0 Å². The quantitative estimate of drug-likeness (QED) is 0.267. The number of carboxylic acid groups (broad SMARTS) is 1. The molecule has 0 bridgehead atoms. The molecule has 0 saturated carbocycles. The van der Waals surface area contributed by atoms with Crippen molar-refractivity contribution < 1.29 is 14.7 Å². The number of nitrogens with zero attached hydrogens (tertiary/aromatic N) is 2. The molecule has 2 N–H and O–H groups in total. The van der Waals surface area contributed by atoms with Crippen molar-refractivity contribution in [2.24, 2.45) is 0 Å². The van der Waals surface area contributed by atoms with E-state index in [0.717, 1.165) is 25.9 Å². The Morgan fingerprint density at radius 1 is 0.839 bits per heavy atom. The number of carbonyl (C=O) groups is 2. The van der Waals surface area contributed by atoms with E-state index >= 15 is 0 Å². The number of amides is 1. The van der Waals surface area contributed by atoms with Crippen molar-refractivity contribution in [2.75, 3.05) is 39.3 Å². The van der Waals surface area contributed by atoms with Crippen LogP contribution in [0.5, 0.6) is 0 Å². The van der Waals surface area contributed by atoms with E-state index in [0.29, 0.717) is 26.2 Å². The third-order valence-corrected chi connectivity index (χ3v) is 6.40. The van der Waals surface area contributed by atoms with Gasteiger partial charge in [0.1, 0.15) is 6.04 Å². The average Bonchev–Trinajstić information content (AvgIpc) is 2.77. The van der Waals surface area contributed by atoms with Crippen molar-refractivity contribution in [1.29, 1.82) is 0 Å². The van der Waals surface area contributed by atoms with E-state index in [1.807, 2.05) is 0 Å². The molecule has 1 atom stereocenters. The molecular formula is C25H49N3O3. The predicted molar refractivity (Wildman–Crippen MR) is 129 cm³/mol. The Morgan fingerprint density at radius 2 is 1.32 bits per heavy atom. The van der Waals surface area contributed by atoms with Gasteiger partial charge in [0, 0.05) is 19.6 Å². The maximum absolute atomic E-state index is 13.0. The molecule has 1 fully saturated rings. The summed E-state index contributed by atoms with van der Waals surface area (Å²) in [5, 5.41) is 12.6. The van der Waals surface area contributed by atoms with Crippen molar-refractivity contribution in [2.45, 2.75) is 110 Å². The molecule has 6 nitrogen and oxygen atoms in total. The summed E-state index contributed by atoms with van der Waals surface area (Å²) in [5.41, 5.74) is 0. The minimum Gasteiger partial charge on any atom is -0.465 e. The molecule has 0 radical (unpaired) electrons. The second kappa shape index (κ2) is 18.4. The highest BCUT2D eigenvalue weighted by Crippen LogP contribution is 2.12. The highest BCUT2D eigenvalue weighted by molar-refractivity contribution is 5.89. The molecule has 0 aromatic carbocycles. The summed E-state index contributed by atoms with van der Waals surface area (Å²) < 4.78 is 0. The SMILES string of the molecule is CCCCCCCCCN(CCCCCCCCC)CC(=O)C1CNCCN1C(=O)O. The van der Waals surface area contributed by atoms with Crippen LogP contribution in [0.1, 0.15) is 104 Å². The minimum atomic E-state index is -0.981. The molecule has 182 valence electrons. The van der Waals surface area contributed by atoms with Crippen LogP contribution >= 0.6 is 0 Å². The van der Waals surface area contributed by atoms with Crippen LogP contribution in [0.3, 0.4) is 0 Å². The molecule has 0 aromatic rings. The van der Waals surface area contributed by atoms with Gasteiger partial charge in [-0.2, -0.15) is 0 Å². The van der Waals surface area contributed by atoms with E-state index in [2.05, 4.69) is 24.1 Å². The van der Waals surface area contributed by atoms with E-state index < -0.39 is 12.1 Å². The van der Waals surface area contributed by atoms with Gasteiger partial charge in [-0.15, -0.1) is 0 Å². The lowest BCUT2D eigenvalue weighted by atomic mass is 10.1. The monoisotopic (exact) mass is 439 g/mol. The van der Waals surface area contributed by atoms with Crippen molar-refractivity contribution in [1.82, 2.24) is 15.1 Å². The van der Waals surface area contributed by atoms with Crippen LogP contribution in [0.15, 0.2) is 0 Å². The Kier molecular flexibility index (Phi) is 16.6. The van der Waals surface area contributed by atoms with Gasteiger partial charge in [0.2, 0.25) is 0 Å². The van der Waals surface area contributed by atoms with Gasteiger partial charge in [-0.1, -0.05) is 90.9 Å². The van der Waals surface area contributed by atoms with Crippen LogP contribution in [-0.4, -0.2) is 72.1 Å². The molecule has 1 heterocycles. The molecule has 1 rings (SSSR count). The Morgan fingerprint density at radius 3 is 1.81 bits per heavy atom. The summed E-state index contributed by atoms with van der Waals surface area (Å²) in [7, 11) is 0. The van der Waals surface area contributed by atoms with Crippen LogP contribution in [0, 0.1) is 0 Å². The summed E-state index contributed by atoms with van der Waals surface area (Å²) in [5.74, 6) is 0.0421. The molecule has 31 heavy (non-hydrogen) atoms. The fourth-order valence-electron chi connectivity index (χ4n) is 4.40. The highest BCUT2D eigenvalue weighted by atomic mass is 16.4. The lowest BCUT2D eigenvalue weighted by molar-refractivity contribution is -0.125. The first kappa shape index (κ1) is 27.9. The van der Waals surface area contributed by atoms with E-state index in [1.165, 1.54) is 81.9 Å². The average molecular weight is 440 g/mol. The Hall–Kier alpha value is -1.14. The van der Waals surface area contributed by atoms with E-state index in [9.17, 15) is 14.7 Å². The second-order valence-electron chi connectivity index (χ2n) is 9.18. The van der Waals surface area contributed by atoms with Crippen molar-refractivity contribution in [3.8, 4) is 0 Å². The maximum atomic E-state index is 13.0. The number of piperazine rings is 1. The minimum absolute atomic E-state index is 0.0421. The number of nitrogens with one attached hydrogen (secondary N) is 1. The zero-order chi connectivity index (χ0) is 22.7. The number of hydrogen-bond donors (Lipinski definition) is 2. The van der Waals surface area contributed by atoms with Gasteiger partial charge in [0.05, 0.1) is 6.54 Å². The van der Waals surface area contributed by atoms with Crippen LogP contribution in [-0.2, 0) is 4.79 Å². The number of hydrogen-bond acceptors (Lipinski definition) is 4. The lowest BCUT2D eigenvalue weighted by Crippen LogP contribution is -2.58. The zero-order valence-electron chi connectivity index (χ0n) is 20.4. The molecule has 1 unspecified atom stereocenters. The summed E-state index contributed by atoms with van der Waals surface area (Å²) in [6.07, 6.45) is 16.8. The van der Waals surface area contributed by atoms with Crippen molar-refractivity contribution in [3.63, 3.8) is 0 Å². The van der Waals surface area contributed by atoms with Gasteiger partial charge in [-0.3, -0.25) is 14.6 Å². The highest BCUT2D eigenvalue weighted by Gasteiger charge is 2.32. The summed E-state index contributed by atoms with van der Waals surface area (Å²) in [4.78, 5) is 28.1. The Bertz CT molecular complexity index is 455. The summed E-state index contributed by atoms with van der Waals surface area (Å²) >= 11 is 0. The smallest absolute Gasteiger partial charge is 0.408 e. The Balaban J connectivity index is 2.43. The zero-order valence-corrected chi connectivity index (χ0v) is 20.4. The van der Waals surface area contributed by atoms with Gasteiger partial charge < -0.3 is 10.4 Å².